The Hall–Kier alpha value is -2.92. The highest BCUT2D eigenvalue weighted by Crippen LogP contribution is 2.37. The van der Waals surface area contributed by atoms with E-state index >= 15 is 0 Å². The van der Waals surface area contributed by atoms with E-state index < -0.39 is 16.9 Å². The molecule has 0 bridgehead atoms. The third-order valence-corrected chi connectivity index (χ3v) is 4.03. The van der Waals surface area contributed by atoms with Crippen LogP contribution in [-0.4, -0.2) is 57.3 Å². The van der Waals surface area contributed by atoms with E-state index in [4.69, 9.17) is 15.2 Å². The van der Waals surface area contributed by atoms with Crippen molar-refractivity contribution in [2.24, 2.45) is 5.73 Å². The van der Waals surface area contributed by atoms with Gasteiger partial charge in [-0.3, -0.25) is 19.7 Å². The van der Waals surface area contributed by atoms with Crippen LogP contribution in [-0.2, 0) is 14.3 Å². The minimum absolute atomic E-state index is 0.0956. The summed E-state index contributed by atoms with van der Waals surface area (Å²) in [6.07, 6.45) is 0.670. The highest BCUT2D eigenvalue weighted by Gasteiger charge is 2.24. The predicted molar refractivity (Wildman–Crippen MR) is 105 cm³/mol. The van der Waals surface area contributed by atoms with Crippen LogP contribution in [0.25, 0.3) is 0 Å². The highest BCUT2D eigenvalue weighted by atomic mass is 16.6. The van der Waals surface area contributed by atoms with E-state index in [0.717, 1.165) is 0 Å². The van der Waals surface area contributed by atoms with Crippen molar-refractivity contribution in [3.05, 3.63) is 27.8 Å². The molecule has 1 atom stereocenters. The van der Waals surface area contributed by atoms with Crippen LogP contribution in [0.4, 0.5) is 5.69 Å². The number of nitrogens with zero attached hydrogens (tertiary/aromatic N) is 1. The summed E-state index contributed by atoms with van der Waals surface area (Å²) in [6.45, 7) is 2.54. The van der Waals surface area contributed by atoms with E-state index in [9.17, 15) is 19.7 Å². The molecular weight excluding hydrogens is 384 g/mol. The molecule has 0 saturated carbocycles. The third-order valence-electron chi connectivity index (χ3n) is 4.03. The first-order valence-electron chi connectivity index (χ1n) is 9.10. The van der Waals surface area contributed by atoms with Gasteiger partial charge in [0, 0.05) is 25.6 Å². The minimum Gasteiger partial charge on any atom is -0.493 e. The third kappa shape index (κ3) is 7.92. The van der Waals surface area contributed by atoms with Gasteiger partial charge in [-0.15, -0.1) is 0 Å². The van der Waals surface area contributed by atoms with Crippen molar-refractivity contribution in [3.63, 3.8) is 0 Å². The number of carbonyl (C=O) groups is 2. The number of methoxy groups -OCH3 is 2. The van der Waals surface area contributed by atoms with E-state index in [1.54, 1.807) is 6.92 Å². The SMILES string of the molecule is COC(=O)CNC(C)c1cc(OC)c(OCCCC(=O)NCCN)cc1[N+](=O)[O-]. The molecule has 0 aromatic heterocycles. The summed E-state index contributed by atoms with van der Waals surface area (Å²) in [6, 6.07) is 2.26. The Morgan fingerprint density at radius 2 is 2.00 bits per heavy atom. The molecule has 11 heteroatoms. The van der Waals surface area contributed by atoms with Gasteiger partial charge in [0.1, 0.15) is 0 Å². The smallest absolute Gasteiger partial charge is 0.319 e. The Morgan fingerprint density at radius 1 is 1.28 bits per heavy atom. The van der Waals surface area contributed by atoms with Gasteiger partial charge >= 0.3 is 5.97 Å². The van der Waals surface area contributed by atoms with Gasteiger partial charge in [0.25, 0.3) is 5.69 Å². The number of rotatable bonds is 13. The van der Waals surface area contributed by atoms with E-state index in [1.165, 1.54) is 26.4 Å². The lowest BCUT2D eigenvalue weighted by Crippen LogP contribution is -2.29. The van der Waals surface area contributed by atoms with E-state index in [1.807, 2.05) is 0 Å². The highest BCUT2D eigenvalue weighted by molar-refractivity contribution is 5.75. The lowest BCUT2D eigenvalue weighted by Gasteiger charge is -2.17. The second-order valence-electron chi connectivity index (χ2n) is 6.09. The lowest BCUT2D eigenvalue weighted by molar-refractivity contribution is -0.385. The number of nitrogens with one attached hydrogen (secondary N) is 2. The fourth-order valence-corrected chi connectivity index (χ4v) is 2.48. The van der Waals surface area contributed by atoms with Crippen molar-refractivity contribution < 1.29 is 28.7 Å². The van der Waals surface area contributed by atoms with Crippen molar-refractivity contribution in [2.45, 2.75) is 25.8 Å². The van der Waals surface area contributed by atoms with Crippen LogP contribution < -0.4 is 25.8 Å². The maximum atomic E-state index is 11.6. The minimum atomic E-state index is -0.530. The van der Waals surface area contributed by atoms with Crippen molar-refractivity contribution in [1.29, 1.82) is 0 Å². The topological polar surface area (TPSA) is 155 Å². The standard InChI is InChI=1S/C18H28N4O7/c1-12(21-11-18(24)28-3)13-9-15(27-2)16(10-14(13)22(25)26)29-8-4-5-17(23)20-7-6-19/h9-10,12,21H,4-8,11,19H2,1-3H3,(H,20,23). The van der Waals surface area contributed by atoms with Crippen LogP contribution in [0.2, 0.25) is 0 Å². The van der Waals surface area contributed by atoms with Crippen LogP contribution in [0.3, 0.4) is 0 Å². The Labute approximate surface area is 169 Å². The fourth-order valence-electron chi connectivity index (χ4n) is 2.48. The lowest BCUT2D eigenvalue weighted by atomic mass is 10.0. The van der Waals surface area contributed by atoms with Crippen molar-refractivity contribution in [3.8, 4) is 11.5 Å². The molecule has 0 heterocycles. The number of carbonyl (C=O) groups excluding carboxylic acids is 2. The number of benzene rings is 1. The maximum Gasteiger partial charge on any atom is 0.319 e. The van der Waals surface area contributed by atoms with Gasteiger partial charge in [-0.1, -0.05) is 0 Å². The molecule has 0 aliphatic carbocycles. The number of amides is 1. The van der Waals surface area contributed by atoms with E-state index in [-0.39, 0.29) is 36.9 Å². The first-order valence-corrected chi connectivity index (χ1v) is 9.10. The molecule has 1 unspecified atom stereocenters. The quantitative estimate of drug-likeness (QED) is 0.183. The van der Waals surface area contributed by atoms with Gasteiger partial charge in [0.2, 0.25) is 5.91 Å². The molecular formula is C18H28N4O7. The first-order chi connectivity index (χ1) is 13.8. The number of nitro benzene ring substituents is 1. The Kier molecular flexibility index (Phi) is 10.4. The van der Waals surface area contributed by atoms with Crippen molar-refractivity contribution in [2.75, 3.05) is 40.5 Å². The number of esters is 1. The molecule has 0 aliphatic heterocycles. The first kappa shape index (κ1) is 24.1. The molecule has 0 saturated heterocycles. The molecule has 1 aromatic rings. The fraction of sp³-hybridized carbons (Fsp3) is 0.556. The monoisotopic (exact) mass is 412 g/mol. The largest absolute Gasteiger partial charge is 0.493 e. The number of ether oxygens (including phenoxy) is 3. The van der Waals surface area contributed by atoms with Crippen LogP contribution in [0.5, 0.6) is 11.5 Å². The molecule has 1 aromatic carbocycles. The normalized spacial score (nSPS) is 11.4. The zero-order chi connectivity index (χ0) is 21.8. The second kappa shape index (κ2) is 12.5. The van der Waals surface area contributed by atoms with E-state index in [2.05, 4.69) is 15.4 Å². The molecule has 0 aliphatic rings. The summed E-state index contributed by atoms with van der Waals surface area (Å²) in [5, 5.41) is 17.0. The molecule has 0 spiro atoms. The molecule has 11 nitrogen and oxygen atoms in total. The van der Waals surface area contributed by atoms with Crippen molar-refractivity contribution >= 4 is 17.6 Å². The summed E-state index contributed by atoms with van der Waals surface area (Å²) >= 11 is 0. The zero-order valence-corrected chi connectivity index (χ0v) is 16.9. The van der Waals surface area contributed by atoms with Gasteiger partial charge in [-0.05, 0) is 19.4 Å². The maximum absolute atomic E-state index is 11.6. The Morgan fingerprint density at radius 3 is 2.59 bits per heavy atom. The number of nitrogens with two attached hydrogens (primary N) is 1. The van der Waals surface area contributed by atoms with Crippen LogP contribution in [0.15, 0.2) is 12.1 Å². The molecule has 29 heavy (non-hydrogen) atoms. The summed E-state index contributed by atoms with van der Waals surface area (Å²) in [4.78, 5) is 33.8. The molecule has 4 N–H and O–H groups in total. The summed E-state index contributed by atoms with van der Waals surface area (Å²) in [5.74, 6) is -0.116. The number of hydrogen-bond acceptors (Lipinski definition) is 9. The van der Waals surface area contributed by atoms with Crippen molar-refractivity contribution in [1.82, 2.24) is 10.6 Å². The summed E-state index contributed by atoms with van der Waals surface area (Å²) in [7, 11) is 2.68. The van der Waals surface area contributed by atoms with Gasteiger partial charge in [-0.25, -0.2) is 0 Å². The van der Waals surface area contributed by atoms with Gasteiger partial charge in [-0.2, -0.15) is 0 Å². The summed E-state index contributed by atoms with van der Waals surface area (Å²) in [5.41, 5.74) is 5.48. The van der Waals surface area contributed by atoms with Crippen LogP contribution >= 0.6 is 0 Å². The average molecular weight is 412 g/mol. The Bertz CT molecular complexity index is 712. The molecule has 0 fully saturated rings. The van der Waals surface area contributed by atoms with Crippen LogP contribution in [0.1, 0.15) is 31.4 Å². The molecule has 162 valence electrons. The average Bonchev–Trinajstić information content (AvgIpc) is 2.72. The molecule has 1 rings (SSSR count). The second-order valence-corrected chi connectivity index (χ2v) is 6.09. The van der Waals surface area contributed by atoms with Gasteiger partial charge in [0.15, 0.2) is 11.5 Å². The summed E-state index contributed by atoms with van der Waals surface area (Å²) < 4.78 is 15.4. The Balaban J connectivity index is 2.86. The van der Waals surface area contributed by atoms with E-state index in [0.29, 0.717) is 30.8 Å². The number of nitro groups is 1. The predicted octanol–water partition coefficient (Wildman–Crippen LogP) is 0.661. The number of hydrogen-bond donors (Lipinski definition) is 3. The van der Waals surface area contributed by atoms with Gasteiger partial charge < -0.3 is 30.6 Å². The van der Waals surface area contributed by atoms with Crippen LogP contribution in [0, 0.1) is 10.1 Å². The zero-order valence-electron chi connectivity index (χ0n) is 16.9. The van der Waals surface area contributed by atoms with Gasteiger partial charge in [0.05, 0.1) is 43.9 Å². The molecule has 0 radical (unpaired) electrons. The molecule has 1 amide bonds.